The van der Waals surface area contributed by atoms with Gasteiger partial charge in [-0.2, -0.15) is 13.2 Å². The van der Waals surface area contributed by atoms with Gasteiger partial charge in [0.1, 0.15) is 0 Å². The molecule has 16 heavy (non-hydrogen) atoms. The molecule has 88 valence electrons. The summed E-state index contributed by atoms with van der Waals surface area (Å²) >= 11 is 1.02. The maximum absolute atomic E-state index is 12.2. The molecule has 0 aliphatic rings. The van der Waals surface area contributed by atoms with Gasteiger partial charge in [0.2, 0.25) is 0 Å². The van der Waals surface area contributed by atoms with Crippen molar-refractivity contribution in [3.05, 3.63) is 35.4 Å². The summed E-state index contributed by atoms with van der Waals surface area (Å²) in [4.78, 5) is 10.3. The zero-order valence-corrected chi connectivity index (χ0v) is 8.86. The molecule has 1 aromatic rings. The second kappa shape index (κ2) is 5.11. The van der Waals surface area contributed by atoms with Crippen LogP contribution in [0.2, 0.25) is 0 Å². The number of nitrogens with two attached hydrogens (primary N) is 1. The van der Waals surface area contributed by atoms with Crippen molar-refractivity contribution in [1.29, 1.82) is 0 Å². The van der Waals surface area contributed by atoms with Crippen LogP contribution in [0.5, 0.6) is 0 Å². The van der Waals surface area contributed by atoms with E-state index in [0.29, 0.717) is 11.3 Å². The number of carbonyl (C=O) groups is 1. The number of nitrogens with one attached hydrogen (secondary N) is 1. The molecule has 0 radical (unpaired) electrons. The molecular formula is C9H9F3N2OS. The third kappa shape index (κ3) is 4.01. The molecule has 0 saturated heterocycles. The number of halogens is 3. The molecule has 0 aliphatic carbocycles. The Morgan fingerprint density at radius 1 is 1.31 bits per heavy atom. The molecule has 3 N–H and O–H groups in total. The molecule has 7 heteroatoms. The van der Waals surface area contributed by atoms with E-state index < -0.39 is 17.8 Å². The van der Waals surface area contributed by atoms with Crippen LogP contribution < -0.4 is 10.5 Å². The van der Waals surface area contributed by atoms with Gasteiger partial charge in [0.25, 0.3) is 0 Å². The normalized spacial score (nSPS) is 11.2. The Bertz CT molecular complexity index is 364. The third-order valence-electron chi connectivity index (χ3n) is 1.69. The van der Waals surface area contributed by atoms with E-state index in [4.69, 9.17) is 5.73 Å². The minimum atomic E-state index is -4.32. The number of hydrogen-bond acceptors (Lipinski definition) is 2. The number of rotatable bonds is 3. The number of primary amides is 1. The Labute approximate surface area is 94.3 Å². The van der Waals surface area contributed by atoms with E-state index in [2.05, 4.69) is 4.72 Å². The summed E-state index contributed by atoms with van der Waals surface area (Å²) in [5, 5.41) is 0. The zero-order valence-electron chi connectivity index (χ0n) is 8.04. The second-order valence-electron chi connectivity index (χ2n) is 2.95. The highest BCUT2D eigenvalue weighted by molar-refractivity contribution is 7.97. The number of amides is 2. The highest BCUT2D eigenvalue weighted by Crippen LogP contribution is 2.29. The zero-order chi connectivity index (χ0) is 12.2. The lowest BCUT2D eigenvalue weighted by atomic mass is 10.1. The molecule has 1 rings (SSSR count). The molecule has 0 unspecified atom stereocenters. The molecule has 0 saturated carbocycles. The number of alkyl halides is 3. The van der Waals surface area contributed by atoms with Crippen molar-refractivity contribution in [3.63, 3.8) is 0 Å². The van der Waals surface area contributed by atoms with Crippen LogP contribution in [-0.4, -0.2) is 6.03 Å². The van der Waals surface area contributed by atoms with Gasteiger partial charge in [-0.15, -0.1) is 0 Å². The Morgan fingerprint density at radius 3 is 2.31 bits per heavy atom. The summed E-state index contributed by atoms with van der Waals surface area (Å²) in [6.07, 6.45) is -4.32. The number of urea groups is 1. The lowest BCUT2D eigenvalue weighted by Gasteiger charge is -2.07. The molecule has 3 nitrogen and oxygen atoms in total. The predicted molar refractivity (Wildman–Crippen MR) is 55.5 cm³/mol. The number of benzene rings is 1. The molecule has 0 aliphatic heterocycles. The van der Waals surface area contributed by atoms with Gasteiger partial charge in [0, 0.05) is 5.75 Å². The second-order valence-corrected chi connectivity index (χ2v) is 3.73. The Morgan fingerprint density at radius 2 is 1.88 bits per heavy atom. The van der Waals surface area contributed by atoms with Crippen molar-refractivity contribution >= 4 is 18.0 Å². The molecule has 0 bridgehead atoms. The topological polar surface area (TPSA) is 55.1 Å². The molecule has 0 spiro atoms. The number of hydrogen-bond donors (Lipinski definition) is 2. The minimum Gasteiger partial charge on any atom is -0.351 e. The Kier molecular flexibility index (Phi) is 4.05. The summed E-state index contributed by atoms with van der Waals surface area (Å²) in [6.45, 7) is 0. The molecule has 0 aromatic heterocycles. The van der Waals surface area contributed by atoms with E-state index in [-0.39, 0.29) is 0 Å². The quantitative estimate of drug-likeness (QED) is 0.810. The van der Waals surface area contributed by atoms with E-state index in [1.165, 1.54) is 12.1 Å². The van der Waals surface area contributed by atoms with Gasteiger partial charge < -0.3 is 5.73 Å². The molecule has 0 heterocycles. The van der Waals surface area contributed by atoms with Gasteiger partial charge in [-0.1, -0.05) is 12.1 Å². The van der Waals surface area contributed by atoms with Crippen LogP contribution in [0.1, 0.15) is 11.1 Å². The standard InChI is InChI=1S/C9H9F3N2OS/c10-9(11,12)7-3-1-6(2-4-7)5-16-14-8(13)15/h1-4H,5H2,(H3,13,14,15). The first kappa shape index (κ1) is 12.7. The maximum atomic E-state index is 12.2. The third-order valence-corrected chi connectivity index (χ3v) is 2.52. The van der Waals surface area contributed by atoms with Gasteiger partial charge in [0.05, 0.1) is 5.56 Å². The Hall–Kier alpha value is -1.37. The van der Waals surface area contributed by atoms with Crippen LogP contribution in [0.15, 0.2) is 24.3 Å². The lowest BCUT2D eigenvalue weighted by molar-refractivity contribution is -0.137. The molecule has 0 fully saturated rings. The smallest absolute Gasteiger partial charge is 0.351 e. The van der Waals surface area contributed by atoms with Crippen molar-refractivity contribution in [2.24, 2.45) is 5.73 Å². The van der Waals surface area contributed by atoms with Crippen LogP contribution in [-0.2, 0) is 11.9 Å². The first-order valence-electron chi connectivity index (χ1n) is 4.23. The lowest BCUT2D eigenvalue weighted by Crippen LogP contribution is -2.23. The first-order valence-corrected chi connectivity index (χ1v) is 5.21. The van der Waals surface area contributed by atoms with E-state index in [1.807, 2.05) is 0 Å². The van der Waals surface area contributed by atoms with Gasteiger partial charge in [-0.05, 0) is 29.6 Å². The fourth-order valence-corrected chi connectivity index (χ4v) is 1.55. The van der Waals surface area contributed by atoms with E-state index >= 15 is 0 Å². The minimum absolute atomic E-state index is 0.362. The van der Waals surface area contributed by atoms with Crippen LogP contribution in [0, 0.1) is 0 Å². The molecule has 0 atom stereocenters. The van der Waals surface area contributed by atoms with Crippen molar-refractivity contribution in [2.45, 2.75) is 11.9 Å². The fraction of sp³-hybridized carbons (Fsp3) is 0.222. The average molecular weight is 250 g/mol. The van der Waals surface area contributed by atoms with E-state index in [0.717, 1.165) is 24.1 Å². The van der Waals surface area contributed by atoms with Crippen molar-refractivity contribution in [2.75, 3.05) is 0 Å². The number of carbonyl (C=O) groups excluding carboxylic acids is 1. The highest BCUT2D eigenvalue weighted by Gasteiger charge is 2.29. The monoisotopic (exact) mass is 250 g/mol. The van der Waals surface area contributed by atoms with Crippen LogP contribution in [0.3, 0.4) is 0 Å². The SMILES string of the molecule is NC(=O)NSCc1ccc(C(F)(F)F)cc1. The Balaban J connectivity index is 2.55. The maximum Gasteiger partial charge on any atom is 0.416 e. The van der Waals surface area contributed by atoms with Crippen LogP contribution in [0.25, 0.3) is 0 Å². The largest absolute Gasteiger partial charge is 0.416 e. The average Bonchev–Trinajstić information content (AvgIpc) is 2.16. The van der Waals surface area contributed by atoms with Gasteiger partial charge in [-0.25, -0.2) is 4.79 Å². The van der Waals surface area contributed by atoms with Crippen molar-refractivity contribution < 1.29 is 18.0 Å². The summed E-state index contributed by atoms with van der Waals surface area (Å²) < 4.78 is 38.9. The van der Waals surface area contributed by atoms with Gasteiger partial charge in [0.15, 0.2) is 0 Å². The molecular weight excluding hydrogens is 241 g/mol. The van der Waals surface area contributed by atoms with Crippen molar-refractivity contribution in [1.82, 2.24) is 4.72 Å². The summed E-state index contributed by atoms with van der Waals surface area (Å²) in [6, 6.07) is 4.04. The molecule has 2 amide bonds. The highest BCUT2D eigenvalue weighted by atomic mass is 32.2. The summed E-state index contributed by atoms with van der Waals surface area (Å²) in [7, 11) is 0. The van der Waals surface area contributed by atoms with Crippen LogP contribution >= 0.6 is 11.9 Å². The van der Waals surface area contributed by atoms with E-state index in [9.17, 15) is 18.0 Å². The van der Waals surface area contributed by atoms with Crippen LogP contribution in [0.4, 0.5) is 18.0 Å². The van der Waals surface area contributed by atoms with Gasteiger partial charge in [-0.3, -0.25) is 4.72 Å². The summed E-state index contributed by atoms with van der Waals surface area (Å²) in [5.41, 5.74) is 4.80. The van der Waals surface area contributed by atoms with E-state index in [1.54, 1.807) is 0 Å². The predicted octanol–water partition coefficient (Wildman–Crippen LogP) is 2.52. The first-order chi connectivity index (χ1) is 7.39. The summed E-state index contributed by atoms with van der Waals surface area (Å²) in [5.74, 6) is 0.362. The van der Waals surface area contributed by atoms with Gasteiger partial charge >= 0.3 is 12.2 Å². The van der Waals surface area contributed by atoms with Crippen molar-refractivity contribution in [3.8, 4) is 0 Å². The molecule has 1 aromatic carbocycles. The fourth-order valence-electron chi connectivity index (χ4n) is 0.981.